The molecule has 1 fully saturated rings. The summed E-state index contributed by atoms with van der Waals surface area (Å²) in [4.78, 5) is 52.6. The second-order valence-corrected chi connectivity index (χ2v) is 10.3. The first kappa shape index (κ1) is 27.2. The molecule has 4 atom stereocenters. The van der Waals surface area contributed by atoms with Crippen molar-refractivity contribution in [1.29, 1.82) is 0 Å². The average Bonchev–Trinajstić information content (AvgIpc) is 3.19. The smallest absolute Gasteiger partial charge is 0.414 e. The largest absolute Gasteiger partial charge is 0.480 e. The number of aromatic nitrogens is 2. The Hall–Kier alpha value is -3.87. The van der Waals surface area contributed by atoms with Gasteiger partial charge in [-0.3, -0.25) is 19.8 Å². The van der Waals surface area contributed by atoms with E-state index in [1.807, 2.05) is 0 Å². The minimum Gasteiger partial charge on any atom is -0.480 e. The second-order valence-electron chi connectivity index (χ2n) is 10.3. The summed E-state index contributed by atoms with van der Waals surface area (Å²) in [6.45, 7) is 6.78. The summed E-state index contributed by atoms with van der Waals surface area (Å²) in [5.74, 6) is -3.02. The molecule has 0 radical (unpaired) electrons. The van der Waals surface area contributed by atoms with Crippen molar-refractivity contribution in [3.05, 3.63) is 41.8 Å². The number of amides is 3. The number of rotatable bonds is 4. The van der Waals surface area contributed by atoms with Crippen molar-refractivity contribution in [3.63, 3.8) is 0 Å². The van der Waals surface area contributed by atoms with Gasteiger partial charge in [0.25, 0.3) is 5.91 Å². The van der Waals surface area contributed by atoms with Gasteiger partial charge in [-0.2, -0.15) is 0 Å². The molecule has 3 aliphatic rings. The number of hydrogen-bond acceptors (Lipinski definition) is 9. The third-order valence-electron chi connectivity index (χ3n) is 6.57. The van der Waals surface area contributed by atoms with E-state index in [2.05, 4.69) is 20.6 Å². The number of alkyl carbamates (subject to hydrolysis) is 1. The van der Waals surface area contributed by atoms with Crippen molar-refractivity contribution in [3.8, 4) is 5.88 Å². The van der Waals surface area contributed by atoms with E-state index in [0.717, 1.165) is 0 Å². The number of aliphatic imine (C=N–C) groups is 1. The van der Waals surface area contributed by atoms with Gasteiger partial charge in [0.1, 0.15) is 22.7 Å². The second kappa shape index (κ2) is 10.1. The Kier molecular flexibility index (Phi) is 7.24. The molecular formula is C25H31FN6O6. The van der Waals surface area contributed by atoms with Crippen molar-refractivity contribution in [2.24, 2.45) is 16.8 Å². The summed E-state index contributed by atoms with van der Waals surface area (Å²) in [7, 11) is 2.91. The number of fused-ring (bicyclic) bond motifs is 1. The lowest BCUT2D eigenvalue weighted by Crippen LogP contribution is -2.61. The van der Waals surface area contributed by atoms with Gasteiger partial charge in [0.15, 0.2) is 0 Å². The van der Waals surface area contributed by atoms with Gasteiger partial charge in [0.05, 0.1) is 38.1 Å². The van der Waals surface area contributed by atoms with Crippen LogP contribution >= 0.6 is 0 Å². The fourth-order valence-corrected chi connectivity index (χ4v) is 4.80. The Labute approximate surface area is 219 Å². The molecule has 1 saturated heterocycles. The molecule has 38 heavy (non-hydrogen) atoms. The lowest BCUT2D eigenvalue weighted by molar-refractivity contribution is -0.135. The van der Waals surface area contributed by atoms with Gasteiger partial charge >= 0.3 is 6.09 Å². The lowest BCUT2D eigenvalue weighted by Gasteiger charge is -2.43. The first-order chi connectivity index (χ1) is 17.8. The molecule has 0 bridgehead atoms. The van der Waals surface area contributed by atoms with E-state index in [-0.39, 0.29) is 36.5 Å². The first-order valence-electron chi connectivity index (χ1n) is 12.1. The maximum Gasteiger partial charge on any atom is 0.414 e. The number of nitrogens with zero attached hydrogens (tertiary/aromatic N) is 4. The summed E-state index contributed by atoms with van der Waals surface area (Å²) in [6, 6.07) is 0. The minimum atomic E-state index is -1.36. The zero-order valence-corrected chi connectivity index (χ0v) is 22.1. The van der Waals surface area contributed by atoms with Crippen molar-refractivity contribution < 1.29 is 33.0 Å². The molecule has 0 saturated carbocycles. The molecule has 2 aliphatic heterocycles. The summed E-state index contributed by atoms with van der Waals surface area (Å²) >= 11 is 0. The molecule has 4 unspecified atom stereocenters. The highest BCUT2D eigenvalue weighted by Crippen LogP contribution is 2.49. The number of methoxy groups -OCH3 is 1. The number of nitrogens with one attached hydrogen (secondary N) is 2. The predicted molar refractivity (Wildman–Crippen MR) is 133 cm³/mol. The average molecular weight is 531 g/mol. The van der Waals surface area contributed by atoms with Crippen LogP contribution in [0.5, 0.6) is 5.88 Å². The number of carbonyl (C=O) groups is 3. The molecule has 13 heteroatoms. The van der Waals surface area contributed by atoms with E-state index in [0.29, 0.717) is 5.70 Å². The van der Waals surface area contributed by atoms with Crippen LogP contribution in [0.3, 0.4) is 0 Å². The number of halogens is 1. The highest BCUT2D eigenvalue weighted by atomic mass is 19.1. The van der Waals surface area contributed by atoms with Crippen LogP contribution in [0.25, 0.3) is 0 Å². The third kappa shape index (κ3) is 5.23. The Morgan fingerprint density at radius 3 is 2.58 bits per heavy atom. The Morgan fingerprint density at radius 1 is 1.21 bits per heavy atom. The van der Waals surface area contributed by atoms with Gasteiger partial charge in [-0.25, -0.2) is 24.1 Å². The van der Waals surface area contributed by atoms with Gasteiger partial charge in [-0.15, -0.1) is 0 Å². The predicted octanol–water partition coefficient (Wildman–Crippen LogP) is 2.10. The lowest BCUT2D eigenvalue weighted by atomic mass is 9.69. The quantitative estimate of drug-likeness (QED) is 0.602. The topological polar surface area (TPSA) is 144 Å². The third-order valence-corrected chi connectivity index (χ3v) is 6.57. The van der Waals surface area contributed by atoms with E-state index >= 15 is 4.39 Å². The van der Waals surface area contributed by atoms with E-state index in [4.69, 9.17) is 19.2 Å². The standard InChI is InChI=1S/C25H31FN6O6/c1-13-19-21(34)32(5)22(30-23(35)38-24(2,3)4)31-25(19,12-37-13)15-9-14(7-8-16(15)26)29-20(33)17-10-28-18(36-6)11-27-17/h7-8,10-11,13,15,19H,9,12H2,1-6H3,(H,29,33)(H,30,31,35). The highest BCUT2D eigenvalue weighted by molar-refractivity contribution is 6.06. The number of guanidine groups is 1. The highest BCUT2D eigenvalue weighted by Gasteiger charge is 2.61. The van der Waals surface area contributed by atoms with E-state index in [9.17, 15) is 14.4 Å². The normalized spacial score (nSPS) is 27.0. The van der Waals surface area contributed by atoms with Crippen molar-refractivity contribution >= 4 is 23.9 Å². The summed E-state index contributed by atoms with van der Waals surface area (Å²) in [5.41, 5.74) is -1.70. The maximum atomic E-state index is 15.5. The zero-order chi connectivity index (χ0) is 27.8. The molecule has 1 aromatic rings. The Balaban J connectivity index is 1.62. The summed E-state index contributed by atoms with van der Waals surface area (Å²) in [5, 5.41) is 5.26. The Morgan fingerprint density at radius 2 is 1.95 bits per heavy atom. The van der Waals surface area contributed by atoms with Gasteiger partial charge in [-0.1, -0.05) is 0 Å². The molecule has 1 aromatic heterocycles. The van der Waals surface area contributed by atoms with Gasteiger partial charge in [0.2, 0.25) is 17.7 Å². The molecule has 0 spiro atoms. The maximum absolute atomic E-state index is 15.5. The van der Waals surface area contributed by atoms with Crippen molar-refractivity contribution in [1.82, 2.24) is 25.5 Å². The first-order valence-corrected chi connectivity index (χ1v) is 12.1. The molecule has 1 aliphatic carbocycles. The molecule has 4 rings (SSSR count). The van der Waals surface area contributed by atoms with Crippen LogP contribution in [0, 0.1) is 11.8 Å². The summed E-state index contributed by atoms with van der Waals surface area (Å²) < 4.78 is 31.6. The molecule has 2 N–H and O–H groups in total. The van der Waals surface area contributed by atoms with Crippen molar-refractivity contribution in [2.45, 2.75) is 51.4 Å². The number of allylic oxidation sites excluding steroid dienone is 3. The number of hydrogen-bond donors (Lipinski definition) is 2. The SMILES string of the molecule is COc1cnc(C(=O)NC2=CC=C(F)C(C34COC(C)C3C(=O)N(C)C(NC(=O)OC(C)(C)C)=N4)C2)cn1. The number of carbonyl (C=O) groups excluding carboxylic acids is 3. The van der Waals surface area contributed by atoms with Crippen LogP contribution in [-0.2, 0) is 14.3 Å². The van der Waals surface area contributed by atoms with Gasteiger partial charge < -0.3 is 19.5 Å². The van der Waals surface area contributed by atoms with Crippen LogP contribution < -0.4 is 15.4 Å². The van der Waals surface area contributed by atoms with E-state index in [1.165, 1.54) is 43.6 Å². The molecule has 0 aromatic carbocycles. The Bertz CT molecular complexity index is 1220. The van der Waals surface area contributed by atoms with E-state index in [1.54, 1.807) is 27.7 Å². The van der Waals surface area contributed by atoms with Crippen LogP contribution in [0.2, 0.25) is 0 Å². The fraction of sp³-hybridized carbons (Fsp3) is 0.520. The molecule has 204 valence electrons. The van der Waals surface area contributed by atoms with Gasteiger partial charge in [-0.05, 0) is 46.3 Å². The molecule has 3 heterocycles. The zero-order valence-electron chi connectivity index (χ0n) is 22.1. The van der Waals surface area contributed by atoms with Gasteiger partial charge in [0, 0.05) is 18.7 Å². The fourth-order valence-electron chi connectivity index (χ4n) is 4.80. The van der Waals surface area contributed by atoms with E-state index < -0.39 is 46.9 Å². The number of ether oxygens (including phenoxy) is 3. The van der Waals surface area contributed by atoms with Crippen LogP contribution in [0.1, 0.15) is 44.6 Å². The van der Waals surface area contributed by atoms with Crippen LogP contribution in [0.15, 0.2) is 41.1 Å². The molecule has 12 nitrogen and oxygen atoms in total. The molecular weight excluding hydrogens is 499 g/mol. The van der Waals surface area contributed by atoms with Crippen LogP contribution in [-0.4, -0.2) is 76.7 Å². The molecule has 3 amide bonds. The monoisotopic (exact) mass is 530 g/mol. The summed E-state index contributed by atoms with van der Waals surface area (Å²) in [6.07, 6.45) is 3.92. The van der Waals surface area contributed by atoms with Crippen LogP contribution in [0.4, 0.5) is 9.18 Å². The minimum absolute atomic E-state index is 0.0183. The van der Waals surface area contributed by atoms with Crippen molar-refractivity contribution in [2.75, 3.05) is 20.8 Å².